The third kappa shape index (κ3) is 3.03. The molecule has 2 aromatic rings. The van der Waals surface area contributed by atoms with Gasteiger partial charge in [0.1, 0.15) is 10.8 Å². The zero-order valence-electron chi connectivity index (χ0n) is 10.1. The maximum Gasteiger partial charge on any atom is 0.180 e. The summed E-state index contributed by atoms with van der Waals surface area (Å²) >= 11 is 17.4. The lowest BCUT2D eigenvalue weighted by molar-refractivity contribution is 0.0978. The van der Waals surface area contributed by atoms with Gasteiger partial charge in [-0.25, -0.2) is 0 Å². The number of phenols is 2. The number of carbonyl (C=O) groups excluding carboxylic acids is 1. The van der Waals surface area contributed by atoms with Crippen molar-refractivity contribution in [3.8, 4) is 11.5 Å². The Kier molecular flexibility index (Phi) is 4.48. The number of benzene rings is 1. The lowest BCUT2D eigenvalue weighted by atomic mass is 10.1. The van der Waals surface area contributed by atoms with E-state index in [0.29, 0.717) is 12.0 Å². The van der Waals surface area contributed by atoms with Crippen LogP contribution < -0.4 is 0 Å². The van der Waals surface area contributed by atoms with Crippen molar-refractivity contribution in [1.82, 2.24) is 4.98 Å². The number of rotatable bonds is 4. The number of hydrogen-bond acceptors (Lipinski definition) is 3. The zero-order chi connectivity index (χ0) is 14.9. The van der Waals surface area contributed by atoms with Gasteiger partial charge in [0, 0.05) is 6.42 Å². The normalized spacial score (nSPS) is 10.8. The number of phenolic OH excluding ortho intramolecular Hbond substituents is 2. The van der Waals surface area contributed by atoms with Crippen molar-refractivity contribution in [3.05, 3.63) is 44.7 Å². The van der Waals surface area contributed by atoms with Crippen LogP contribution in [0.2, 0.25) is 15.2 Å². The van der Waals surface area contributed by atoms with Crippen LogP contribution in [0.25, 0.3) is 0 Å². The summed E-state index contributed by atoms with van der Waals surface area (Å²) in [5.41, 5.74) is 0.887. The Morgan fingerprint density at radius 1 is 1.10 bits per heavy atom. The minimum Gasteiger partial charge on any atom is -0.504 e. The maximum absolute atomic E-state index is 12.0. The fourth-order valence-electron chi connectivity index (χ4n) is 1.73. The quantitative estimate of drug-likeness (QED) is 0.579. The fourth-order valence-corrected chi connectivity index (χ4v) is 2.35. The first-order valence-electron chi connectivity index (χ1n) is 5.66. The van der Waals surface area contributed by atoms with Crippen LogP contribution >= 0.6 is 34.8 Å². The molecule has 0 bridgehead atoms. The Morgan fingerprint density at radius 3 is 2.35 bits per heavy atom. The Balaban J connectivity index is 2.08. The molecule has 0 aliphatic carbocycles. The summed E-state index contributed by atoms with van der Waals surface area (Å²) in [5, 5.41) is 18.9. The first-order chi connectivity index (χ1) is 9.40. The number of aryl methyl sites for hydroxylation is 1. The van der Waals surface area contributed by atoms with Crippen LogP contribution in [0.15, 0.2) is 18.2 Å². The smallest absolute Gasteiger partial charge is 0.180 e. The number of carbonyl (C=O) groups is 1. The molecule has 0 spiro atoms. The van der Waals surface area contributed by atoms with Crippen molar-refractivity contribution in [2.24, 2.45) is 0 Å². The van der Waals surface area contributed by atoms with Gasteiger partial charge in [-0.1, -0.05) is 40.9 Å². The number of aromatic nitrogens is 1. The highest BCUT2D eigenvalue weighted by molar-refractivity contribution is 6.49. The van der Waals surface area contributed by atoms with Gasteiger partial charge < -0.3 is 15.2 Å². The molecule has 1 heterocycles. The minimum atomic E-state index is -0.239. The second-order valence-corrected chi connectivity index (χ2v) is 5.32. The lowest BCUT2D eigenvalue weighted by Gasteiger charge is -2.03. The third-order valence-electron chi connectivity index (χ3n) is 2.80. The second-order valence-electron chi connectivity index (χ2n) is 4.19. The number of hydrogen-bond donors (Lipinski definition) is 3. The predicted molar refractivity (Wildman–Crippen MR) is 78.2 cm³/mol. The summed E-state index contributed by atoms with van der Waals surface area (Å²) < 4.78 is 0. The Morgan fingerprint density at radius 2 is 1.80 bits per heavy atom. The number of Topliss-reactive ketones (excluding diaryl/α,β-unsaturated/α-hetero) is 1. The van der Waals surface area contributed by atoms with Gasteiger partial charge in [0.25, 0.3) is 0 Å². The van der Waals surface area contributed by atoms with Gasteiger partial charge in [-0.2, -0.15) is 0 Å². The van der Waals surface area contributed by atoms with E-state index >= 15 is 0 Å². The lowest BCUT2D eigenvalue weighted by Crippen LogP contribution is -2.02. The van der Waals surface area contributed by atoms with Crippen molar-refractivity contribution in [2.45, 2.75) is 12.8 Å². The highest BCUT2D eigenvalue weighted by Crippen LogP contribution is 2.33. The molecule has 0 unspecified atom stereocenters. The molecule has 0 radical (unpaired) electrons. The van der Waals surface area contributed by atoms with Gasteiger partial charge in [0.2, 0.25) is 0 Å². The summed E-state index contributed by atoms with van der Waals surface area (Å²) in [5.74, 6) is -0.665. The first-order valence-corrected chi connectivity index (χ1v) is 6.80. The number of H-pyrrole nitrogens is 1. The molecule has 1 aromatic carbocycles. The van der Waals surface area contributed by atoms with Crippen LogP contribution in [-0.2, 0) is 6.42 Å². The van der Waals surface area contributed by atoms with E-state index in [1.54, 1.807) is 6.07 Å². The Hall–Kier alpha value is -1.36. The van der Waals surface area contributed by atoms with Gasteiger partial charge in [0.15, 0.2) is 17.3 Å². The number of halogens is 3. The standard InChI is InChI=1S/C13H10Cl3NO3/c14-10-11(15)13(16)17-12(10)8(19)4-2-6-1-3-7(18)9(20)5-6/h1,3,5,17-18,20H,2,4H2. The molecule has 2 rings (SSSR count). The molecule has 0 amide bonds. The summed E-state index contributed by atoms with van der Waals surface area (Å²) in [6, 6.07) is 4.39. The summed E-state index contributed by atoms with van der Waals surface area (Å²) in [7, 11) is 0. The van der Waals surface area contributed by atoms with Crippen LogP contribution in [0.1, 0.15) is 22.5 Å². The van der Waals surface area contributed by atoms with Crippen molar-refractivity contribution in [2.75, 3.05) is 0 Å². The number of ketones is 1. The average Bonchev–Trinajstić information content (AvgIpc) is 2.67. The van der Waals surface area contributed by atoms with Gasteiger partial charge >= 0.3 is 0 Å². The van der Waals surface area contributed by atoms with E-state index in [0.717, 1.165) is 0 Å². The van der Waals surface area contributed by atoms with E-state index in [9.17, 15) is 15.0 Å². The fraction of sp³-hybridized carbons (Fsp3) is 0.154. The van der Waals surface area contributed by atoms with E-state index in [4.69, 9.17) is 34.8 Å². The zero-order valence-corrected chi connectivity index (χ0v) is 12.4. The molecule has 0 saturated carbocycles. The molecule has 3 N–H and O–H groups in total. The van der Waals surface area contributed by atoms with Crippen molar-refractivity contribution < 1.29 is 15.0 Å². The molecule has 0 fully saturated rings. The van der Waals surface area contributed by atoms with Crippen LogP contribution in [0, 0.1) is 0 Å². The molecule has 0 saturated heterocycles. The van der Waals surface area contributed by atoms with Gasteiger partial charge in [-0.3, -0.25) is 4.79 Å². The third-order valence-corrected chi connectivity index (χ3v) is 4.03. The van der Waals surface area contributed by atoms with Gasteiger partial charge in [0.05, 0.1) is 10.0 Å². The molecule has 7 heteroatoms. The monoisotopic (exact) mass is 333 g/mol. The second kappa shape index (κ2) is 5.95. The van der Waals surface area contributed by atoms with Crippen LogP contribution in [-0.4, -0.2) is 21.0 Å². The van der Waals surface area contributed by atoms with Crippen molar-refractivity contribution in [3.63, 3.8) is 0 Å². The summed E-state index contributed by atoms with van der Waals surface area (Å²) in [6.07, 6.45) is 0.550. The number of nitrogens with one attached hydrogen (secondary N) is 1. The number of aromatic amines is 1. The summed E-state index contributed by atoms with van der Waals surface area (Å²) in [4.78, 5) is 14.6. The molecule has 0 aliphatic rings. The Bertz CT molecular complexity index is 667. The largest absolute Gasteiger partial charge is 0.504 e. The van der Waals surface area contributed by atoms with E-state index in [2.05, 4.69) is 4.98 Å². The molecule has 0 atom stereocenters. The van der Waals surface area contributed by atoms with Crippen LogP contribution in [0.5, 0.6) is 11.5 Å². The Labute approximate surface area is 129 Å². The maximum atomic E-state index is 12.0. The van der Waals surface area contributed by atoms with E-state index < -0.39 is 0 Å². The van der Waals surface area contributed by atoms with Crippen molar-refractivity contribution >= 4 is 40.6 Å². The molecule has 106 valence electrons. The number of aromatic hydroxyl groups is 2. The van der Waals surface area contributed by atoms with Crippen molar-refractivity contribution in [1.29, 1.82) is 0 Å². The SMILES string of the molecule is O=C(CCc1ccc(O)c(O)c1)c1[nH]c(Cl)c(Cl)c1Cl. The topological polar surface area (TPSA) is 73.3 Å². The average molecular weight is 335 g/mol. The first kappa shape index (κ1) is 15.0. The highest BCUT2D eigenvalue weighted by Gasteiger charge is 2.18. The van der Waals surface area contributed by atoms with E-state index in [1.165, 1.54) is 12.1 Å². The summed E-state index contributed by atoms with van der Waals surface area (Å²) in [6.45, 7) is 0. The molecule has 20 heavy (non-hydrogen) atoms. The molecule has 1 aromatic heterocycles. The molecule has 0 aliphatic heterocycles. The predicted octanol–water partition coefficient (Wildman–Crippen LogP) is 4.20. The van der Waals surface area contributed by atoms with Gasteiger partial charge in [-0.05, 0) is 24.1 Å². The van der Waals surface area contributed by atoms with Gasteiger partial charge in [-0.15, -0.1) is 0 Å². The van der Waals surface area contributed by atoms with Crippen LogP contribution in [0.4, 0.5) is 0 Å². The molecular formula is C13H10Cl3NO3. The minimum absolute atomic E-state index is 0.107. The molecule has 4 nitrogen and oxygen atoms in total. The highest BCUT2D eigenvalue weighted by atomic mass is 35.5. The molecular weight excluding hydrogens is 325 g/mol. The van der Waals surface area contributed by atoms with E-state index in [-0.39, 0.29) is 44.6 Å². The van der Waals surface area contributed by atoms with Crippen LogP contribution in [0.3, 0.4) is 0 Å². The van der Waals surface area contributed by atoms with E-state index in [1.807, 2.05) is 0 Å².